The Kier molecular flexibility index (Phi) is 7.42. The van der Waals surface area contributed by atoms with E-state index in [-0.39, 0.29) is 29.7 Å². The molecule has 1 fully saturated rings. The Hall–Kier alpha value is -2.75. The summed E-state index contributed by atoms with van der Waals surface area (Å²) in [6.45, 7) is 3.03. The summed E-state index contributed by atoms with van der Waals surface area (Å²) in [6, 6.07) is 13.5. The number of benzene rings is 2. The lowest BCUT2D eigenvalue weighted by atomic mass is 10.1. The van der Waals surface area contributed by atoms with E-state index in [1.54, 1.807) is 12.0 Å². The first kappa shape index (κ1) is 22.9. The van der Waals surface area contributed by atoms with Crippen LogP contribution in [0.15, 0.2) is 53.4 Å². The average Bonchev–Trinajstić information content (AvgIpc) is 3.14. The van der Waals surface area contributed by atoms with Gasteiger partial charge in [-0.3, -0.25) is 9.59 Å². The number of carbonyl (C=O) groups excluding carboxylic acids is 2. The molecule has 2 aromatic rings. The van der Waals surface area contributed by atoms with E-state index >= 15 is 0 Å². The van der Waals surface area contributed by atoms with Gasteiger partial charge >= 0.3 is 0 Å². The van der Waals surface area contributed by atoms with Crippen LogP contribution in [0.3, 0.4) is 0 Å². The van der Waals surface area contributed by atoms with E-state index in [1.165, 1.54) is 24.3 Å². The SMILES string of the molecule is COCCCNS(=O)(=O)c1ccc(NC(=O)[C@@H]2CC(=O)N(c3ccc(C)cc3)C2)cc1. The first-order valence-electron chi connectivity index (χ1n) is 10.1. The highest BCUT2D eigenvalue weighted by molar-refractivity contribution is 7.89. The highest BCUT2D eigenvalue weighted by atomic mass is 32.2. The van der Waals surface area contributed by atoms with Gasteiger partial charge in [-0.2, -0.15) is 0 Å². The molecule has 2 N–H and O–H groups in total. The van der Waals surface area contributed by atoms with Crippen LogP contribution < -0.4 is 14.9 Å². The number of sulfonamides is 1. The van der Waals surface area contributed by atoms with Crippen molar-refractivity contribution in [1.29, 1.82) is 0 Å². The molecule has 3 rings (SSSR count). The smallest absolute Gasteiger partial charge is 0.240 e. The fourth-order valence-corrected chi connectivity index (χ4v) is 4.40. The molecule has 0 radical (unpaired) electrons. The summed E-state index contributed by atoms with van der Waals surface area (Å²) in [4.78, 5) is 26.8. The Bertz CT molecular complexity index is 1020. The number of amides is 2. The van der Waals surface area contributed by atoms with E-state index in [4.69, 9.17) is 4.74 Å². The number of anilines is 2. The highest BCUT2D eigenvalue weighted by Gasteiger charge is 2.35. The predicted octanol–water partition coefficient (Wildman–Crippen LogP) is 2.30. The monoisotopic (exact) mass is 445 g/mol. The van der Waals surface area contributed by atoms with Crippen molar-refractivity contribution in [2.24, 2.45) is 5.92 Å². The zero-order valence-electron chi connectivity index (χ0n) is 17.6. The second-order valence-corrected chi connectivity index (χ2v) is 9.27. The summed E-state index contributed by atoms with van der Waals surface area (Å²) in [5, 5.41) is 2.77. The van der Waals surface area contributed by atoms with Gasteiger partial charge in [0.15, 0.2) is 0 Å². The maximum absolute atomic E-state index is 12.6. The van der Waals surface area contributed by atoms with Crippen molar-refractivity contribution in [3.8, 4) is 0 Å². The maximum atomic E-state index is 12.6. The van der Waals surface area contributed by atoms with E-state index in [1.807, 2.05) is 31.2 Å². The molecule has 1 saturated heterocycles. The van der Waals surface area contributed by atoms with Crippen LogP contribution in [-0.2, 0) is 24.3 Å². The summed E-state index contributed by atoms with van der Waals surface area (Å²) in [5.41, 5.74) is 2.35. The molecule has 2 amide bonds. The Morgan fingerprint density at radius 1 is 1.13 bits per heavy atom. The summed E-state index contributed by atoms with van der Waals surface area (Å²) in [6.07, 6.45) is 0.709. The second-order valence-electron chi connectivity index (χ2n) is 7.50. The van der Waals surface area contributed by atoms with Gasteiger partial charge in [0.25, 0.3) is 0 Å². The third-order valence-electron chi connectivity index (χ3n) is 5.09. The molecule has 0 aromatic heterocycles. The third-order valence-corrected chi connectivity index (χ3v) is 6.57. The van der Waals surface area contributed by atoms with Gasteiger partial charge in [-0.1, -0.05) is 17.7 Å². The minimum Gasteiger partial charge on any atom is -0.385 e. The van der Waals surface area contributed by atoms with Crippen LogP contribution in [-0.4, -0.2) is 47.0 Å². The number of aryl methyl sites for hydroxylation is 1. The molecule has 31 heavy (non-hydrogen) atoms. The molecular weight excluding hydrogens is 418 g/mol. The van der Waals surface area contributed by atoms with E-state index in [0.29, 0.717) is 25.3 Å². The highest BCUT2D eigenvalue weighted by Crippen LogP contribution is 2.26. The van der Waals surface area contributed by atoms with Crippen LogP contribution in [0.2, 0.25) is 0 Å². The molecule has 0 spiro atoms. The van der Waals surface area contributed by atoms with E-state index in [9.17, 15) is 18.0 Å². The van der Waals surface area contributed by atoms with Gasteiger partial charge in [0.05, 0.1) is 10.8 Å². The first-order chi connectivity index (χ1) is 14.8. The predicted molar refractivity (Wildman–Crippen MR) is 118 cm³/mol. The first-order valence-corrected chi connectivity index (χ1v) is 11.5. The molecule has 8 nitrogen and oxygen atoms in total. The zero-order valence-corrected chi connectivity index (χ0v) is 18.4. The molecule has 0 bridgehead atoms. The van der Waals surface area contributed by atoms with Gasteiger partial charge in [-0.15, -0.1) is 0 Å². The van der Waals surface area contributed by atoms with E-state index in [2.05, 4.69) is 10.0 Å². The van der Waals surface area contributed by atoms with Gasteiger partial charge in [0, 0.05) is 44.6 Å². The Balaban J connectivity index is 1.58. The van der Waals surface area contributed by atoms with Crippen LogP contribution in [0, 0.1) is 12.8 Å². The van der Waals surface area contributed by atoms with Crippen LogP contribution in [0.5, 0.6) is 0 Å². The summed E-state index contributed by atoms with van der Waals surface area (Å²) in [5.74, 6) is -0.832. The molecule has 1 aliphatic heterocycles. The molecule has 1 aliphatic rings. The molecule has 0 saturated carbocycles. The van der Waals surface area contributed by atoms with Crippen molar-refractivity contribution in [2.75, 3.05) is 37.0 Å². The Morgan fingerprint density at radius 2 is 1.81 bits per heavy atom. The number of ether oxygens (including phenoxy) is 1. The van der Waals surface area contributed by atoms with Gasteiger partial charge in [-0.25, -0.2) is 13.1 Å². The summed E-state index contributed by atoms with van der Waals surface area (Å²) in [7, 11) is -2.06. The molecule has 0 unspecified atom stereocenters. The van der Waals surface area contributed by atoms with Crippen LogP contribution >= 0.6 is 0 Å². The average molecular weight is 446 g/mol. The molecule has 166 valence electrons. The lowest BCUT2D eigenvalue weighted by molar-refractivity contribution is -0.122. The van der Waals surface area contributed by atoms with Gasteiger partial charge < -0.3 is 15.0 Å². The molecule has 2 aromatic carbocycles. The van der Waals surface area contributed by atoms with E-state index in [0.717, 1.165) is 11.3 Å². The lowest BCUT2D eigenvalue weighted by Crippen LogP contribution is -2.28. The molecular formula is C22H27N3O5S. The zero-order chi connectivity index (χ0) is 22.4. The second kappa shape index (κ2) is 10.0. The van der Waals surface area contributed by atoms with Crippen molar-refractivity contribution in [1.82, 2.24) is 4.72 Å². The Labute approximate surface area is 182 Å². The number of hydrogen-bond donors (Lipinski definition) is 2. The van der Waals surface area contributed by atoms with Crippen LogP contribution in [0.25, 0.3) is 0 Å². The maximum Gasteiger partial charge on any atom is 0.240 e. The fraction of sp³-hybridized carbons (Fsp3) is 0.364. The summed E-state index contributed by atoms with van der Waals surface area (Å²) >= 11 is 0. The number of rotatable bonds is 9. The van der Waals surface area contributed by atoms with Gasteiger partial charge in [0.1, 0.15) is 0 Å². The molecule has 1 heterocycles. The standard InChI is InChI=1S/C22H27N3O5S/c1-16-4-8-19(9-5-16)25-15-17(14-21(25)26)22(27)24-18-6-10-20(11-7-18)31(28,29)23-12-3-13-30-2/h4-11,17,23H,3,12-15H2,1-2H3,(H,24,27)/t17-/m1/s1. The number of hydrogen-bond acceptors (Lipinski definition) is 5. The minimum absolute atomic E-state index is 0.0926. The van der Waals surface area contributed by atoms with Crippen molar-refractivity contribution >= 4 is 33.2 Å². The van der Waals surface area contributed by atoms with Crippen molar-refractivity contribution in [3.05, 3.63) is 54.1 Å². The van der Waals surface area contributed by atoms with Crippen LogP contribution in [0.1, 0.15) is 18.4 Å². The minimum atomic E-state index is -3.62. The van der Waals surface area contributed by atoms with Gasteiger partial charge in [-0.05, 0) is 49.7 Å². The van der Waals surface area contributed by atoms with Gasteiger partial charge in [0.2, 0.25) is 21.8 Å². The normalized spacial score (nSPS) is 16.5. The van der Waals surface area contributed by atoms with Crippen molar-refractivity contribution in [3.63, 3.8) is 0 Å². The molecule has 1 atom stereocenters. The fourth-order valence-electron chi connectivity index (χ4n) is 3.33. The third kappa shape index (κ3) is 5.90. The number of methoxy groups -OCH3 is 1. The number of carbonyl (C=O) groups is 2. The quantitative estimate of drug-likeness (QED) is 0.577. The largest absolute Gasteiger partial charge is 0.385 e. The molecule has 9 heteroatoms. The van der Waals surface area contributed by atoms with E-state index < -0.39 is 15.9 Å². The Morgan fingerprint density at radius 3 is 2.45 bits per heavy atom. The lowest BCUT2D eigenvalue weighted by Gasteiger charge is -2.17. The molecule has 0 aliphatic carbocycles. The van der Waals surface area contributed by atoms with Crippen molar-refractivity contribution < 1.29 is 22.7 Å². The van der Waals surface area contributed by atoms with Crippen LogP contribution in [0.4, 0.5) is 11.4 Å². The topological polar surface area (TPSA) is 105 Å². The van der Waals surface area contributed by atoms with Crippen molar-refractivity contribution in [2.45, 2.75) is 24.7 Å². The summed E-state index contributed by atoms with van der Waals surface area (Å²) < 4.78 is 32.0. The number of nitrogens with zero attached hydrogens (tertiary/aromatic N) is 1. The number of nitrogens with one attached hydrogen (secondary N) is 2.